The molecule has 0 fully saturated rings. The van der Waals surface area contributed by atoms with Crippen LogP contribution >= 0.6 is 11.6 Å². The highest BCUT2D eigenvalue weighted by atomic mass is 35.5. The number of hydrogen-bond acceptors (Lipinski definition) is 10. The van der Waals surface area contributed by atoms with E-state index >= 15 is 0 Å². The fourth-order valence-corrected chi connectivity index (χ4v) is 4.36. The van der Waals surface area contributed by atoms with Crippen molar-refractivity contribution in [3.8, 4) is 17.2 Å². The standard InChI is InChI=1S/C19H23ClN6O6S/c1-11(17(32-4)18-21-8-12(20)9-22-18)33(28,29)25-19-24-23-15(10-27)26(19)16-13(30-2)6-5-7-14(16)31-3/h5-9,11,17,27H,10H2,1-4H3,(H,24,25)/t11-,17-/m0/s1. The Morgan fingerprint density at radius 3 is 2.24 bits per heavy atom. The van der Waals surface area contributed by atoms with Gasteiger partial charge in [-0.1, -0.05) is 17.7 Å². The van der Waals surface area contributed by atoms with Crippen molar-refractivity contribution < 1.29 is 27.7 Å². The maximum Gasteiger partial charge on any atom is 0.243 e. The maximum atomic E-state index is 13.3. The van der Waals surface area contributed by atoms with Crippen LogP contribution in [0.15, 0.2) is 30.6 Å². The number of hydrogen-bond donors (Lipinski definition) is 2. The van der Waals surface area contributed by atoms with Crippen LogP contribution in [0.2, 0.25) is 5.02 Å². The van der Waals surface area contributed by atoms with E-state index < -0.39 is 28.0 Å². The molecular formula is C19H23ClN6O6S. The van der Waals surface area contributed by atoms with Crippen LogP contribution in [-0.4, -0.2) is 64.8 Å². The molecule has 2 aromatic heterocycles. The summed E-state index contributed by atoms with van der Waals surface area (Å²) in [5.41, 5.74) is 0.311. The van der Waals surface area contributed by atoms with E-state index in [1.807, 2.05) is 0 Å². The van der Waals surface area contributed by atoms with Gasteiger partial charge in [0.25, 0.3) is 0 Å². The zero-order valence-corrected chi connectivity index (χ0v) is 19.8. The van der Waals surface area contributed by atoms with Gasteiger partial charge in [0.05, 0.1) is 19.2 Å². The first-order chi connectivity index (χ1) is 15.8. The first kappa shape index (κ1) is 24.6. The summed E-state index contributed by atoms with van der Waals surface area (Å²) in [6.07, 6.45) is 1.69. The highest BCUT2D eigenvalue weighted by molar-refractivity contribution is 7.93. The van der Waals surface area contributed by atoms with Gasteiger partial charge in [0.2, 0.25) is 16.0 Å². The third-order valence-electron chi connectivity index (χ3n) is 4.79. The number of anilines is 1. The van der Waals surface area contributed by atoms with Gasteiger partial charge < -0.3 is 19.3 Å². The van der Waals surface area contributed by atoms with Crippen molar-refractivity contribution in [1.29, 1.82) is 0 Å². The van der Waals surface area contributed by atoms with E-state index in [1.165, 1.54) is 45.2 Å². The molecule has 2 N–H and O–H groups in total. The number of methoxy groups -OCH3 is 3. The summed E-state index contributed by atoms with van der Waals surface area (Å²) < 4.78 is 46.4. The quantitative estimate of drug-likeness (QED) is 0.423. The van der Waals surface area contributed by atoms with Crippen LogP contribution in [0.5, 0.6) is 11.5 Å². The molecule has 2 atom stereocenters. The molecule has 0 bridgehead atoms. The van der Waals surface area contributed by atoms with Gasteiger partial charge in [-0.25, -0.2) is 18.4 Å². The second-order valence-electron chi connectivity index (χ2n) is 6.71. The number of aliphatic hydroxyl groups excluding tert-OH is 1. The van der Waals surface area contributed by atoms with Gasteiger partial charge in [0.15, 0.2) is 11.6 Å². The predicted molar refractivity (Wildman–Crippen MR) is 119 cm³/mol. The Kier molecular flexibility index (Phi) is 7.68. The highest BCUT2D eigenvalue weighted by Crippen LogP contribution is 2.35. The van der Waals surface area contributed by atoms with Gasteiger partial charge in [-0.05, 0) is 19.1 Å². The fourth-order valence-electron chi connectivity index (χ4n) is 3.13. The lowest BCUT2D eigenvalue weighted by Crippen LogP contribution is -2.33. The van der Waals surface area contributed by atoms with E-state index in [9.17, 15) is 13.5 Å². The summed E-state index contributed by atoms with van der Waals surface area (Å²) in [4.78, 5) is 8.12. The summed E-state index contributed by atoms with van der Waals surface area (Å²) in [6.45, 7) is 0.913. The normalized spacial score (nSPS) is 13.4. The van der Waals surface area contributed by atoms with E-state index in [0.29, 0.717) is 22.2 Å². The van der Waals surface area contributed by atoms with Crippen molar-refractivity contribution in [2.24, 2.45) is 0 Å². The fraction of sp³-hybridized carbons (Fsp3) is 0.368. The van der Waals surface area contributed by atoms with Crippen LogP contribution in [0.3, 0.4) is 0 Å². The Balaban J connectivity index is 2.04. The molecule has 1 aromatic carbocycles. The summed E-state index contributed by atoms with van der Waals surface area (Å²) in [5.74, 6) is 0.722. The number of aliphatic hydroxyl groups is 1. The average molecular weight is 499 g/mol. The van der Waals surface area contributed by atoms with Crippen molar-refractivity contribution >= 4 is 27.6 Å². The Morgan fingerprint density at radius 2 is 1.73 bits per heavy atom. The number of rotatable bonds is 10. The summed E-state index contributed by atoms with van der Waals surface area (Å²) in [6, 6.07) is 5.00. The summed E-state index contributed by atoms with van der Waals surface area (Å²) >= 11 is 5.82. The zero-order valence-electron chi connectivity index (χ0n) is 18.3. The molecule has 0 aliphatic carbocycles. The second kappa shape index (κ2) is 10.3. The molecule has 0 saturated heterocycles. The average Bonchev–Trinajstić information content (AvgIpc) is 3.21. The van der Waals surface area contributed by atoms with Gasteiger partial charge in [0.1, 0.15) is 35.1 Å². The molecule has 0 saturated carbocycles. The smallest absolute Gasteiger partial charge is 0.243 e. The van der Waals surface area contributed by atoms with Crippen LogP contribution in [0, 0.1) is 0 Å². The number of halogens is 1. The van der Waals surface area contributed by atoms with Gasteiger partial charge in [-0.3, -0.25) is 9.29 Å². The Hall–Kier alpha value is -3.00. The van der Waals surface area contributed by atoms with Crippen LogP contribution in [0.25, 0.3) is 5.69 Å². The molecule has 12 nitrogen and oxygen atoms in total. The number of nitrogens with one attached hydrogen (secondary N) is 1. The van der Waals surface area contributed by atoms with E-state index in [-0.39, 0.29) is 17.6 Å². The van der Waals surface area contributed by atoms with E-state index in [1.54, 1.807) is 18.2 Å². The molecule has 0 unspecified atom stereocenters. The number of ether oxygens (including phenoxy) is 3. The third kappa shape index (κ3) is 5.00. The summed E-state index contributed by atoms with van der Waals surface area (Å²) in [7, 11) is 0.120. The molecule has 14 heteroatoms. The van der Waals surface area contributed by atoms with Crippen molar-refractivity contribution in [2.45, 2.75) is 24.9 Å². The second-order valence-corrected chi connectivity index (χ2v) is 9.19. The maximum absolute atomic E-state index is 13.3. The first-order valence-corrected chi connectivity index (χ1v) is 11.5. The van der Waals surface area contributed by atoms with Crippen LogP contribution in [-0.2, 0) is 21.4 Å². The lowest BCUT2D eigenvalue weighted by Gasteiger charge is -2.22. The van der Waals surface area contributed by atoms with Crippen molar-refractivity contribution in [3.05, 3.63) is 47.3 Å². The minimum absolute atomic E-state index is 0.0625. The van der Waals surface area contributed by atoms with E-state index in [0.717, 1.165) is 0 Å². The SMILES string of the molecule is COc1cccc(OC)c1-n1c(CO)nnc1NS(=O)(=O)[C@@H](C)[C@H](OC)c1ncc(Cl)cn1. The molecule has 3 rings (SSSR count). The van der Waals surface area contributed by atoms with Gasteiger partial charge in [0, 0.05) is 19.5 Å². The van der Waals surface area contributed by atoms with E-state index in [4.69, 9.17) is 25.8 Å². The Labute approximate surface area is 195 Å². The third-order valence-corrected chi connectivity index (χ3v) is 6.68. The van der Waals surface area contributed by atoms with Crippen molar-refractivity contribution in [3.63, 3.8) is 0 Å². The molecule has 178 valence electrons. The molecule has 0 spiro atoms. The van der Waals surface area contributed by atoms with Gasteiger partial charge in [-0.2, -0.15) is 0 Å². The number of benzene rings is 1. The van der Waals surface area contributed by atoms with Crippen LogP contribution in [0.4, 0.5) is 5.95 Å². The monoisotopic (exact) mass is 498 g/mol. The van der Waals surface area contributed by atoms with Crippen molar-refractivity contribution in [2.75, 3.05) is 26.1 Å². The number of aromatic nitrogens is 5. The molecule has 0 amide bonds. The number of nitrogens with zero attached hydrogens (tertiary/aromatic N) is 5. The van der Waals surface area contributed by atoms with Gasteiger partial charge >= 0.3 is 0 Å². The zero-order chi connectivity index (χ0) is 24.2. The van der Waals surface area contributed by atoms with Crippen LogP contribution < -0.4 is 14.2 Å². The molecule has 0 aliphatic rings. The topological polar surface area (TPSA) is 151 Å². The largest absolute Gasteiger partial charge is 0.494 e. The highest BCUT2D eigenvalue weighted by Gasteiger charge is 2.34. The molecule has 33 heavy (non-hydrogen) atoms. The Bertz CT molecular complexity index is 1180. The first-order valence-electron chi connectivity index (χ1n) is 9.55. The predicted octanol–water partition coefficient (Wildman–Crippen LogP) is 1.74. The lowest BCUT2D eigenvalue weighted by molar-refractivity contribution is 0.0950. The minimum Gasteiger partial charge on any atom is -0.494 e. The lowest BCUT2D eigenvalue weighted by atomic mass is 10.2. The van der Waals surface area contributed by atoms with Crippen molar-refractivity contribution in [1.82, 2.24) is 24.7 Å². The molecule has 3 aromatic rings. The molecule has 2 heterocycles. The van der Waals surface area contributed by atoms with E-state index in [2.05, 4.69) is 24.9 Å². The van der Waals surface area contributed by atoms with Gasteiger partial charge in [-0.15, -0.1) is 10.2 Å². The number of para-hydroxylation sites is 1. The molecular weight excluding hydrogens is 476 g/mol. The molecule has 0 radical (unpaired) electrons. The molecule has 0 aliphatic heterocycles. The number of sulfonamides is 1. The summed E-state index contributed by atoms with van der Waals surface area (Å²) in [5, 5.41) is 16.8. The van der Waals surface area contributed by atoms with Crippen LogP contribution in [0.1, 0.15) is 24.7 Å². The Morgan fingerprint density at radius 1 is 1.12 bits per heavy atom. The minimum atomic E-state index is -4.12.